The van der Waals surface area contributed by atoms with E-state index >= 15 is 0 Å². The lowest BCUT2D eigenvalue weighted by Gasteiger charge is -2.33. The lowest BCUT2D eigenvalue weighted by Crippen LogP contribution is -2.46. The summed E-state index contributed by atoms with van der Waals surface area (Å²) < 4.78 is 9.96. The summed E-state index contributed by atoms with van der Waals surface area (Å²) in [5.74, 6) is -0.369. The van der Waals surface area contributed by atoms with Crippen molar-refractivity contribution >= 4 is 11.9 Å². The van der Waals surface area contributed by atoms with Gasteiger partial charge in [0.05, 0.1) is 19.6 Å². The van der Waals surface area contributed by atoms with Gasteiger partial charge in [0.15, 0.2) is 0 Å². The number of nitrogens with zero attached hydrogens (tertiary/aromatic N) is 1. The first kappa shape index (κ1) is 15.0. The first-order valence-electron chi connectivity index (χ1n) is 6.75. The van der Waals surface area contributed by atoms with Crippen LogP contribution in [0.4, 0.5) is 0 Å². The maximum atomic E-state index is 11.8. The minimum atomic E-state index is -0.203. The third-order valence-corrected chi connectivity index (χ3v) is 3.08. The molecule has 0 saturated carbocycles. The standard InChI is InChI=1S/C13H23NO4/c1-3-17-12(15)8-10-14-9-6-5-7-11(14)13(16)18-4-2/h11H,3-10H2,1-2H3. The van der Waals surface area contributed by atoms with Gasteiger partial charge in [-0.1, -0.05) is 6.42 Å². The van der Waals surface area contributed by atoms with Crippen molar-refractivity contribution in [2.24, 2.45) is 0 Å². The normalized spacial score (nSPS) is 20.4. The van der Waals surface area contributed by atoms with Crippen molar-refractivity contribution < 1.29 is 19.1 Å². The fourth-order valence-electron chi connectivity index (χ4n) is 2.23. The number of piperidine rings is 1. The van der Waals surface area contributed by atoms with E-state index in [-0.39, 0.29) is 18.0 Å². The molecule has 0 aliphatic carbocycles. The molecule has 0 amide bonds. The average Bonchev–Trinajstić information content (AvgIpc) is 2.37. The Balaban J connectivity index is 2.44. The maximum Gasteiger partial charge on any atom is 0.323 e. The molecule has 1 unspecified atom stereocenters. The number of hydrogen-bond donors (Lipinski definition) is 0. The molecule has 1 atom stereocenters. The molecule has 0 N–H and O–H groups in total. The van der Waals surface area contributed by atoms with Gasteiger partial charge >= 0.3 is 11.9 Å². The average molecular weight is 257 g/mol. The number of rotatable bonds is 6. The number of hydrogen-bond acceptors (Lipinski definition) is 5. The molecule has 0 aromatic carbocycles. The number of carbonyl (C=O) groups excluding carboxylic acids is 2. The van der Waals surface area contributed by atoms with Crippen molar-refractivity contribution in [3.63, 3.8) is 0 Å². The van der Waals surface area contributed by atoms with Crippen LogP contribution in [0.2, 0.25) is 0 Å². The third kappa shape index (κ3) is 4.64. The van der Waals surface area contributed by atoms with Crippen molar-refractivity contribution in [1.82, 2.24) is 4.90 Å². The fourth-order valence-corrected chi connectivity index (χ4v) is 2.23. The highest BCUT2D eigenvalue weighted by atomic mass is 16.5. The van der Waals surface area contributed by atoms with E-state index in [4.69, 9.17) is 9.47 Å². The molecular weight excluding hydrogens is 234 g/mol. The zero-order valence-corrected chi connectivity index (χ0v) is 11.3. The van der Waals surface area contributed by atoms with Crippen molar-refractivity contribution in [3.05, 3.63) is 0 Å². The van der Waals surface area contributed by atoms with Gasteiger partial charge in [0.1, 0.15) is 6.04 Å². The van der Waals surface area contributed by atoms with Crippen molar-refractivity contribution in [2.45, 2.75) is 45.6 Å². The van der Waals surface area contributed by atoms with E-state index in [1.807, 2.05) is 11.8 Å². The smallest absolute Gasteiger partial charge is 0.323 e. The molecule has 0 bridgehead atoms. The van der Waals surface area contributed by atoms with Crippen molar-refractivity contribution in [1.29, 1.82) is 0 Å². The summed E-state index contributed by atoms with van der Waals surface area (Å²) in [7, 11) is 0. The lowest BCUT2D eigenvalue weighted by molar-refractivity contribution is -0.152. The molecule has 18 heavy (non-hydrogen) atoms. The van der Waals surface area contributed by atoms with Gasteiger partial charge in [0.25, 0.3) is 0 Å². The number of ether oxygens (including phenoxy) is 2. The van der Waals surface area contributed by atoms with Crippen LogP contribution in [0.1, 0.15) is 39.5 Å². The Morgan fingerprint density at radius 2 is 1.89 bits per heavy atom. The Hall–Kier alpha value is -1.10. The summed E-state index contributed by atoms with van der Waals surface area (Å²) in [6.45, 7) is 5.83. The number of likely N-dealkylation sites (tertiary alicyclic amines) is 1. The van der Waals surface area contributed by atoms with Crippen LogP contribution in [0.5, 0.6) is 0 Å². The van der Waals surface area contributed by atoms with Gasteiger partial charge in [-0.25, -0.2) is 0 Å². The first-order chi connectivity index (χ1) is 8.69. The molecule has 5 heteroatoms. The van der Waals surface area contributed by atoms with E-state index in [0.717, 1.165) is 25.8 Å². The van der Waals surface area contributed by atoms with Crippen LogP contribution in [-0.2, 0) is 19.1 Å². The largest absolute Gasteiger partial charge is 0.466 e. The molecule has 0 radical (unpaired) electrons. The van der Waals surface area contributed by atoms with Crippen LogP contribution in [0.15, 0.2) is 0 Å². The monoisotopic (exact) mass is 257 g/mol. The summed E-state index contributed by atoms with van der Waals surface area (Å²) in [5.41, 5.74) is 0. The topological polar surface area (TPSA) is 55.8 Å². The molecule has 1 aliphatic rings. The highest BCUT2D eigenvalue weighted by molar-refractivity contribution is 5.76. The maximum absolute atomic E-state index is 11.8. The summed E-state index contributed by atoms with van der Waals surface area (Å²) >= 11 is 0. The second kappa shape index (κ2) is 8.08. The van der Waals surface area contributed by atoms with Crippen LogP contribution < -0.4 is 0 Å². The zero-order chi connectivity index (χ0) is 13.4. The van der Waals surface area contributed by atoms with E-state index in [2.05, 4.69) is 0 Å². The van der Waals surface area contributed by atoms with Crippen LogP contribution in [0.25, 0.3) is 0 Å². The Kier molecular flexibility index (Phi) is 6.72. The summed E-state index contributed by atoms with van der Waals surface area (Å²) in [4.78, 5) is 25.2. The third-order valence-electron chi connectivity index (χ3n) is 3.08. The van der Waals surface area contributed by atoms with Gasteiger partial charge in [-0.2, -0.15) is 0 Å². The quantitative estimate of drug-likeness (QED) is 0.672. The van der Waals surface area contributed by atoms with Gasteiger partial charge in [0, 0.05) is 6.54 Å². The predicted molar refractivity (Wildman–Crippen MR) is 67.1 cm³/mol. The van der Waals surface area contributed by atoms with Crippen molar-refractivity contribution in [3.8, 4) is 0 Å². The molecule has 1 fully saturated rings. The van der Waals surface area contributed by atoms with Gasteiger partial charge in [-0.15, -0.1) is 0 Å². The Bertz CT molecular complexity index is 280. The van der Waals surface area contributed by atoms with Crippen LogP contribution in [0.3, 0.4) is 0 Å². The van der Waals surface area contributed by atoms with E-state index in [9.17, 15) is 9.59 Å². The highest BCUT2D eigenvalue weighted by Crippen LogP contribution is 2.18. The molecule has 1 saturated heterocycles. The fraction of sp³-hybridized carbons (Fsp3) is 0.846. The predicted octanol–water partition coefficient (Wildman–Crippen LogP) is 1.36. The highest BCUT2D eigenvalue weighted by Gasteiger charge is 2.29. The van der Waals surface area contributed by atoms with Gasteiger partial charge in [-0.3, -0.25) is 14.5 Å². The van der Waals surface area contributed by atoms with Crippen LogP contribution in [-0.4, -0.2) is 49.2 Å². The zero-order valence-electron chi connectivity index (χ0n) is 11.3. The lowest BCUT2D eigenvalue weighted by atomic mass is 10.0. The number of carbonyl (C=O) groups is 2. The molecule has 1 rings (SSSR count). The second-order valence-electron chi connectivity index (χ2n) is 4.35. The van der Waals surface area contributed by atoms with Gasteiger partial charge in [-0.05, 0) is 33.2 Å². The second-order valence-corrected chi connectivity index (χ2v) is 4.35. The number of esters is 2. The van der Waals surface area contributed by atoms with Gasteiger partial charge in [0.2, 0.25) is 0 Å². The van der Waals surface area contributed by atoms with Crippen molar-refractivity contribution in [2.75, 3.05) is 26.3 Å². The van der Waals surface area contributed by atoms with Gasteiger partial charge < -0.3 is 9.47 Å². The minimum Gasteiger partial charge on any atom is -0.466 e. The summed E-state index contributed by atoms with van der Waals surface area (Å²) in [6, 6.07) is -0.187. The molecule has 104 valence electrons. The molecule has 0 aromatic heterocycles. The SMILES string of the molecule is CCOC(=O)CCN1CCCCC1C(=O)OCC. The van der Waals surface area contributed by atoms with E-state index in [1.54, 1.807) is 6.92 Å². The molecule has 0 spiro atoms. The molecule has 5 nitrogen and oxygen atoms in total. The first-order valence-corrected chi connectivity index (χ1v) is 6.75. The molecule has 0 aromatic rings. The van der Waals surface area contributed by atoms with E-state index in [0.29, 0.717) is 26.2 Å². The van der Waals surface area contributed by atoms with Crippen LogP contribution in [0, 0.1) is 0 Å². The summed E-state index contributed by atoms with van der Waals surface area (Å²) in [5, 5.41) is 0. The minimum absolute atomic E-state index is 0.166. The van der Waals surface area contributed by atoms with E-state index in [1.165, 1.54) is 0 Å². The molecular formula is C13H23NO4. The van der Waals surface area contributed by atoms with Crippen LogP contribution >= 0.6 is 0 Å². The Labute approximate surface area is 108 Å². The Morgan fingerprint density at radius 3 is 2.56 bits per heavy atom. The Morgan fingerprint density at radius 1 is 1.17 bits per heavy atom. The molecule has 1 heterocycles. The van der Waals surface area contributed by atoms with E-state index < -0.39 is 0 Å². The summed E-state index contributed by atoms with van der Waals surface area (Å²) in [6.07, 6.45) is 3.27. The molecule has 1 aliphatic heterocycles.